The number of hydrogen-bond acceptors (Lipinski definition) is 5. The summed E-state index contributed by atoms with van der Waals surface area (Å²) >= 11 is 0. The molecule has 0 bridgehead atoms. The van der Waals surface area contributed by atoms with E-state index in [9.17, 15) is 9.50 Å². The van der Waals surface area contributed by atoms with Gasteiger partial charge in [0.1, 0.15) is 11.4 Å². The SMILES string of the molecule is CC(C)(O)c1cnn2c(-c3ccc(F)c(-c4ccncc4)c3)cnc2n1. The molecule has 1 N–H and O–H groups in total. The maximum atomic E-state index is 14.3. The topological polar surface area (TPSA) is 76.2 Å². The van der Waals surface area contributed by atoms with Crippen molar-refractivity contribution in [3.63, 3.8) is 0 Å². The van der Waals surface area contributed by atoms with Crippen molar-refractivity contribution in [1.82, 2.24) is 24.6 Å². The number of halogens is 1. The number of nitrogens with zero attached hydrogens (tertiary/aromatic N) is 5. The van der Waals surface area contributed by atoms with E-state index in [4.69, 9.17) is 0 Å². The zero-order chi connectivity index (χ0) is 18.3. The second-order valence-corrected chi connectivity index (χ2v) is 6.49. The molecule has 4 rings (SSSR count). The Morgan fingerprint density at radius 1 is 1.04 bits per heavy atom. The normalized spacial score (nSPS) is 11.8. The highest BCUT2D eigenvalue weighted by atomic mass is 19.1. The average molecular weight is 349 g/mol. The van der Waals surface area contributed by atoms with E-state index in [-0.39, 0.29) is 5.82 Å². The van der Waals surface area contributed by atoms with Gasteiger partial charge >= 0.3 is 0 Å². The summed E-state index contributed by atoms with van der Waals surface area (Å²) in [5, 5.41) is 14.4. The molecule has 7 heteroatoms. The third kappa shape index (κ3) is 2.82. The number of imidazole rings is 1. The maximum Gasteiger partial charge on any atom is 0.251 e. The number of aliphatic hydroxyl groups is 1. The van der Waals surface area contributed by atoms with Crippen molar-refractivity contribution in [2.24, 2.45) is 0 Å². The fourth-order valence-electron chi connectivity index (χ4n) is 2.70. The van der Waals surface area contributed by atoms with Crippen LogP contribution in [0.2, 0.25) is 0 Å². The Labute approximate surface area is 149 Å². The molecule has 0 amide bonds. The molecule has 0 saturated carbocycles. The molecule has 0 saturated heterocycles. The minimum absolute atomic E-state index is 0.316. The first-order valence-electron chi connectivity index (χ1n) is 8.07. The molecular formula is C19H16FN5O. The lowest BCUT2D eigenvalue weighted by molar-refractivity contribution is 0.0734. The predicted molar refractivity (Wildman–Crippen MR) is 94.7 cm³/mol. The summed E-state index contributed by atoms with van der Waals surface area (Å²) < 4.78 is 15.9. The van der Waals surface area contributed by atoms with Crippen molar-refractivity contribution in [3.05, 3.63) is 66.6 Å². The summed E-state index contributed by atoms with van der Waals surface area (Å²) in [4.78, 5) is 12.6. The molecule has 6 nitrogen and oxygen atoms in total. The van der Waals surface area contributed by atoms with E-state index in [2.05, 4.69) is 20.1 Å². The molecule has 3 heterocycles. The second-order valence-electron chi connectivity index (χ2n) is 6.49. The van der Waals surface area contributed by atoms with Crippen molar-refractivity contribution < 1.29 is 9.50 Å². The summed E-state index contributed by atoms with van der Waals surface area (Å²) in [5.74, 6) is 0.0542. The van der Waals surface area contributed by atoms with E-state index in [1.54, 1.807) is 61.2 Å². The van der Waals surface area contributed by atoms with Crippen molar-refractivity contribution in [2.75, 3.05) is 0 Å². The minimum Gasteiger partial charge on any atom is -0.384 e. The fourth-order valence-corrected chi connectivity index (χ4v) is 2.70. The lowest BCUT2D eigenvalue weighted by atomic mass is 10.0. The number of hydrogen-bond donors (Lipinski definition) is 1. The molecule has 0 radical (unpaired) electrons. The number of fused-ring (bicyclic) bond motifs is 1. The summed E-state index contributed by atoms with van der Waals surface area (Å²) in [6, 6.07) is 8.36. The van der Waals surface area contributed by atoms with Crippen LogP contribution in [0.3, 0.4) is 0 Å². The first-order chi connectivity index (χ1) is 12.4. The Morgan fingerprint density at radius 2 is 1.81 bits per heavy atom. The summed E-state index contributed by atoms with van der Waals surface area (Å²) in [6.07, 6.45) is 6.39. The molecule has 0 spiro atoms. The van der Waals surface area contributed by atoms with Gasteiger partial charge in [0.05, 0.1) is 23.8 Å². The largest absolute Gasteiger partial charge is 0.384 e. The Kier molecular flexibility index (Phi) is 3.73. The van der Waals surface area contributed by atoms with Gasteiger partial charge in [0.15, 0.2) is 0 Å². The third-order valence-corrected chi connectivity index (χ3v) is 4.12. The monoisotopic (exact) mass is 349 g/mol. The molecule has 0 aliphatic carbocycles. The van der Waals surface area contributed by atoms with Crippen LogP contribution < -0.4 is 0 Å². The van der Waals surface area contributed by atoms with E-state index < -0.39 is 5.60 Å². The van der Waals surface area contributed by atoms with E-state index in [0.29, 0.717) is 22.7 Å². The van der Waals surface area contributed by atoms with Gasteiger partial charge in [0.25, 0.3) is 5.78 Å². The van der Waals surface area contributed by atoms with Crippen LogP contribution in [0.15, 0.2) is 55.1 Å². The molecular weight excluding hydrogens is 333 g/mol. The van der Waals surface area contributed by atoms with Crippen molar-refractivity contribution in [1.29, 1.82) is 0 Å². The van der Waals surface area contributed by atoms with Gasteiger partial charge in [-0.3, -0.25) is 4.98 Å². The van der Waals surface area contributed by atoms with Crippen molar-refractivity contribution in [2.45, 2.75) is 19.4 Å². The molecule has 0 atom stereocenters. The first kappa shape index (κ1) is 16.3. The molecule has 26 heavy (non-hydrogen) atoms. The molecule has 0 unspecified atom stereocenters. The zero-order valence-electron chi connectivity index (χ0n) is 14.3. The zero-order valence-corrected chi connectivity index (χ0v) is 14.3. The molecule has 4 aromatic rings. The quantitative estimate of drug-likeness (QED) is 0.614. The molecule has 0 fully saturated rings. The highest BCUT2D eigenvalue weighted by molar-refractivity contribution is 5.72. The average Bonchev–Trinajstić information content (AvgIpc) is 3.05. The minimum atomic E-state index is -1.11. The Balaban J connectivity index is 1.84. The van der Waals surface area contributed by atoms with Crippen LogP contribution in [0.1, 0.15) is 19.5 Å². The lowest BCUT2D eigenvalue weighted by Crippen LogP contribution is -2.19. The Morgan fingerprint density at radius 3 is 2.54 bits per heavy atom. The van der Waals surface area contributed by atoms with Gasteiger partial charge in [-0.25, -0.2) is 14.4 Å². The summed E-state index contributed by atoms with van der Waals surface area (Å²) in [6.45, 7) is 3.27. The van der Waals surface area contributed by atoms with E-state index in [1.807, 2.05) is 0 Å². The molecule has 130 valence electrons. The predicted octanol–water partition coefficient (Wildman–Crippen LogP) is 3.22. The highest BCUT2D eigenvalue weighted by Gasteiger charge is 2.20. The number of aromatic nitrogens is 5. The van der Waals surface area contributed by atoms with Crippen LogP contribution in [0.25, 0.3) is 28.2 Å². The smallest absolute Gasteiger partial charge is 0.251 e. The van der Waals surface area contributed by atoms with E-state index in [1.165, 1.54) is 12.3 Å². The van der Waals surface area contributed by atoms with Gasteiger partial charge in [-0.2, -0.15) is 9.61 Å². The standard InChI is InChI=1S/C19H16FN5O/c1-19(2,26)17-11-23-25-16(10-22-18(25)24-17)13-3-4-15(20)14(9-13)12-5-7-21-8-6-12/h3-11,26H,1-2H3. The molecule has 0 aliphatic heterocycles. The van der Waals surface area contributed by atoms with Gasteiger partial charge in [0, 0.05) is 23.5 Å². The molecule has 3 aromatic heterocycles. The van der Waals surface area contributed by atoms with Crippen molar-refractivity contribution in [3.8, 4) is 22.4 Å². The maximum absolute atomic E-state index is 14.3. The van der Waals surface area contributed by atoms with Gasteiger partial charge in [-0.1, -0.05) is 0 Å². The third-order valence-electron chi connectivity index (χ3n) is 4.12. The Hall–Kier alpha value is -3.19. The van der Waals surface area contributed by atoms with Crippen LogP contribution in [-0.4, -0.2) is 29.7 Å². The van der Waals surface area contributed by atoms with Gasteiger partial charge in [-0.05, 0) is 49.7 Å². The lowest BCUT2D eigenvalue weighted by Gasteiger charge is -2.15. The Bertz CT molecular complexity index is 1090. The number of rotatable bonds is 3. The summed E-state index contributed by atoms with van der Waals surface area (Å²) in [7, 11) is 0. The fraction of sp³-hybridized carbons (Fsp3) is 0.158. The first-order valence-corrected chi connectivity index (χ1v) is 8.07. The van der Waals surface area contributed by atoms with Crippen LogP contribution >= 0.6 is 0 Å². The molecule has 1 aromatic carbocycles. The summed E-state index contributed by atoms with van der Waals surface area (Å²) in [5.41, 5.74) is 1.98. The van der Waals surface area contributed by atoms with Crippen LogP contribution in [-0.2, 0) is 5.60 Å². The highest BCUT2D eigenvalue weighted by Crippen LogP contribution is 2.29. The van der Waals surface area contributed by atoms with E-state index in [0.717, 1.165) is 11.1 Å². The van der Waals surface area contributed by atoms with Crippen LogP contribution in [0.4, 0.5) is 4.39 Å². The van der Waals surface area contributed by atoms with Gasteiger partial charge in [-0.15, -0.1) is 0 Å². The van der Waals surface area contributed by atoms with Gasteiger partial charge < -0.3 is 5.11 Å². The van der Waals surface area contributed by atoms with Crippen LogP contribution in [0, 0.1) is 5.82 Å². The van der Waals surface area contributed by atoms with Crippen molar-refractivity contribution >= 4 is 5.78 Å². The van der Waals surface area contributed by atoms with Crippen LogP contribution in [0.5, 0.6) is 0 Å². The van der Waals surface area contributed by atoms with E-state index >= 15 is 0 Å². The number of benzene rings is 1. The second kappa shape index (κ2) is 5.96. The molecule has 0 aliphatic rings. The number of pyridine rings is 1. The van der Waals surface area contributed by atoms with Gasteiger partial charge in [0.2, 0.25) is 0 Å².